The topological polar surface area (TPSA) is 86.7 Å². The van der Waals surface area contributed by atoms with E-state index in [2.05, 4.69) is 0 Å². The molecule has 25 heavy (non-hydrogen) atoms. The summed E-state index contributed by atoms with van der Waals surface area (Å²) in [6.07, 6.45) is 0.0376. The van der Waals surface area contributed by atoms with Gasteiger partial charge in [0.15, 0.2) is 15.9 Å². The molecule has 2 rings (SSSR count). The monoisotopic (exact) mass is 362 g/mol. The summed E-state index contributed by atoms with van der Waals surface area (Å²) < 4.78 is 33.3. The maximum atomic E-state index is 12.3. The lowest BCUT2D eigenvalue weighted by Crippen LogP contribution is -2.24. The summed E-state index contributed by atoms with van der Waals surface area (Å²) in [6, 6.07) is 11.9. The highest BCUT2D eigenvalue weighted by atomic mass is 32.2. The molecule has 0 saturated carbocycles. The second-order valence-electron chi connectivity index (χ2n) is 5.44. The van der Waals surface area contributed by atoms with Crippen LogP contribution in [-0.2, 0) is 14.6 Å². The van der Waals surface area contributed by atoms with Gasteiger partial charge in [-0.2, -0.15) is 0 Å². The van der Waals surface area contributed by atoms with Crippen LogP contribution in [0, 0.1) is 0 Å². The van der Waals surface area contributed by atoms with Gasteiger partial charge in [-0.3, -0.25) is 4.79 Å². The van der Waals surface area contributed by atoms with Gasteiger partial charge in [0.1, 0.15) is 5.75 Å². The molecule has 0 aromatic heterocycles. The van der Waals surface area contributed by atoms with Crippen LogP contribution < -0.4 is 4.74 Å². The first kappa shape index (κ1) is 18.7. The number of carbonyl (C=O) groups excluding carboxylic acids is 2. The number of methoxy groups -OCH3 is 1. The van der Waals surface area contributed by atoms with Gasteiger partial charge in [0.2, 0.25) is 5.78 Å². The Hall–Kier alpha value is -2.67. The smallest absolute Gasteiger partial charge is 0.338 e. The number of rotatable bonds is 6. The third kappa shape index (κ3) is 4.67. The summed E-state index contributed by atoms with van der Waals surface area (Å²) >= 11 is 0. The van der Waals surface area contributed by atoms with Gasteiger partial charge in [0.25, 0.3) is 0 Å². The van der Waals surface area contributed by atoms with Gasteiger partial charge in [-0.25, -0.2) is 13.2 Å². The molecule has 0 saturated heterocycles. The summed E-state index contributed by atoms with van der Waals surface area (Å²) in [6.45, 7) is 1.46. The summed E-state index contributed by atoms with van der Waals surface area (Å²) in [5.74, 6) is -0.520. The average Bonchev–Trinajstić information content (AvgIpc) is 2.60. The molecule has 0 bridgehead atoms. The number of esters is 1. The number of sulfone groups is 1. The lowest BCUT2D eigenvalue weighted by atomic mass is 10.1. The zero-order valence-corrected chi connectivity index (χ0v) is 14.9. The maximum Gasteiger partial charge on any atom is 0.338 e. The van der Waals surface area contributed by atoms with E-state index in [9.17, 15) is 18.0 Å². The fraction of sp³-hybridized carbons (Fsp3) is 0.222. The summed E-state index contributed by atoms with van der Waals surface area (Å²) in [4.78, 5) is 24.5. The maximum absolute atomic E-state index is 12.3. The third-order valence-corrected chi connectivity index (χ3v) is 4.64. The largest absolute Gasteiger partial charge is 0.497 e. The van der Waals surface area contributed by atoms with Crippen LogP contribution >= 0.6 is 0 Å². The fourth-order valence-corrected chi connectivity index (χ4v) is 2.79. The first-order valence-electron chi connectivity index (χ1n) is 7.41. The highest BCUT2D eigenvalue weighted by Gasteiger charge is 2.21. The van der Waals surface area contributed by atoms with Crippen LogP contribution in [0.3, 0.4) is 0 Å². The second kappa shape index (κ2) is 7.48. The summed E-state index contributed by atoms with van der Waals surface area (Å²) in [7, 11) is -1.92. The van der Waals surface area contributed by atoms with Crippen LogP contribution in [0.2, 0.25) is 0 Å². The van der Waals surface area contributed by atoms with Crippen molar-refractivity contribution in [1.29, 1.82) is 0 Å². The minimum Gasteiger partial charge on any atom is -0.497 e. The molecule has 0 aliphatic heterocycles. The van der Waals surface area contributed by atoms with E-state index in [1.807, 2.05) is 0 Å². The van der Waals surface area contributed by atoms with Gasteiger partial charge >= 0.3 is 5.97 Å². The van der Waals surface area contributed by atoms with Crippen LogP contribution in [0.15, 0.2) is 53.4 Å². The van der Waals surface area contributed by atoms with E-state index in [1.165, 1.54) is 38.3 Å². The number of carbonyl (C=O) groups is 2. The Balaban J connectivity index is 2.12. The van der Waals surface area contributed by atoms with E-state index in [1.54, 1.807) is 24.3 Å². The van der Waals surface area contributed by atoms with Gasteiger partial charge in [-0.1, -0.05) is 6.07 Å². The highest BCUT2D eigenvalue weighted by molar-refractivity contribution is 7.90. The zero-order valence-electron chi connectivity index (χ0n) is 14.1. The Morgan fingerprint density at radius 1 is 1.00 bits per heavy atom. The molecular formula is C18H18O6S. The van der Waals surface area contributed by atoms with Crippen molar-refractivity contribution in [2.75, 3.05) is 13.4 Å². The molecule has 0 fully saturated rings. The number of benzene rings is 2. The SMILES string of the molecule is COc1ccc(C(=O)C(C)OC(=O)c2cccc(S(C)(=O)=O)c2)cc1. The van der Waals surface area contributed by atoms with Gasteiger partial charge in [0.05, 0.1) is 17.6 Å². The van der Waals surface area contributed by atoms with Crippen LogP contribution in [0.1, 0.15) is 27.6 Å². The van der Waals surface area contributed by atoms with Gasteiger partial charge in [0, 0.05) is 11.8 Å². The molecule has 0 heterocycles. The molecule has 0 spiro atoms. The number of Topliss-reactive ketones (excluding diaryl/α,β-unsaturated/α-hetero) is 1. The number of hydrogen-bond donors (Lipinski definition) is 0. The van der Waals surface area contributed by atoms with E-state index in [0.717, 1.165) is 6.26 Å². The first-order chi connectivity index (χ1) is 11.7. The molecule has 2 aromatic carbocycles. The van der Waals surface area contributed by atoms with Crippen molar-refractivity contribution < 1.29 is 27.5 Å². The lowest BCUT2D eigenvalue weighted by Gasteiger charge is -2.13. The number of hydrogen-bond acceptors (Lipinski definition) is 6. The molecule has 2 aromatic rings. The Bertz CT molecular complexity index is 884. The van der Waals surface area contributed by atoms with Crippen LogP contribution in [0.25, 0.3) is 0 Å². The Labute approximate surface area is 146 Å². The fourth-order valence-electron chi connectivity index (χ4n) is 2.13. The molecule has 0 amide bonds. The van der Waals surface area contributed by atoms with E-state index in [4.69, 9.17) is 9.47 Å². The molecule has 7 heteroatoms. The molecule has 1 atom stereocenters. The van der Waals surface area contributed by atoms with Crippen molar-refractivity contribution in [3.63, 3.8) is 0 Å². The quantitative estimate of drug-likeness (QED) is 0.580. The predicted octanol–water partition coefficient (Wildman–Crippen LogP) is 2.53. The zero-order chi connectivity index (χ0) is 18.6. The molecule has 0 aliphatic carbocycles. The lowest BCUT2D eigenvalue weighted by molar-refractivity contribution is 0.0318. The molecular weight excluding hydrogens is 344 g/mol. The van der Waals surface area contributed by atoms with E-state index in [-0.39, 0.29) is 16.2 Å². The predicted molar refractivity (Wildman–Crippen MR) is 91.8 cm³/mol. The Morgan fingerprint density at radius 2 is 1.64 bits per heavy atom. The molecule has 132 valence electrons. The van der Waals surface area contributed by atoms with Crippen LogP contribution in [-0.4, -0.2) is 39.6 Å². The summed E-state index contributed by atoms with van der Waals surface area (Å²) in [5.41, 5.74) is 0.447. The Morgan fingerprint density at radius 3 is 2.20 bits per heavy atom. The van der Waals surface area contributed by atoms with E-state index in [0.29, 0.717) is 11.3 Å². The van der Waals surface area contributed by atoms with Crippen LogP contribution in [0.4, 0.5) is 0 Å². The van der Waals surface area contributed by atoms with Crippen molar-refractivity contribution >= 4 is 21.6 Å². The number of ether oxygens (including phenoxy) is 2. The minimum absolute atomic E-state index is 0.0103. The molecule has 0 aliphatic rings. The standard InChI is InChI=1S/C18H18O6S/c1-12(17(19)13-7-9-15(23-2)10-8-13)24-18(20)14-5-4-6-16(11-14)25(3,21)22/h4-12H,1-3H3. The van der Waals surface area contributed by atoms with Crippen molar-refractivity contribution in [2.45, 2.75) is 17.9 Å². The molecule has 0 N–H and O–H groups in total. The van der Waals surface area contributed by atoms with Crippen molar-refractivity contribution in [1.82, 2.24) is 0 Å². The molecule has 6 nitrogen and oxygen atoms in total. The van der Waals surface area contributed by atoms with E-state index < -0.39 is 21.9 Å². The average molecular weight is 362 g/mol. The minimum atomic E-state index is -3.44. The second-order valence-corrected chi connectivity index (χ2v) is 7.46. The van der Waals surface area contributed by atoms with Crippen molar-refractivity contribution in [3.8, 4) is 5.75 Å². The normalized spacial score (nSPS) is 12.3. The molecule has 0 radical (unpaired) electrons. The van der Waals surface area contributed by atoms with Crippen molar-refractivity contribution in [2.24, 2.45) is 0 Å². The Kier molecular flexibility index (Phi) is 5.58. The molecule has 1 unspecified atom stereocenters. The third-order valence-electron chi connectivity index (χ3n) is 3.53. The first-order valence-corrected chi connectivity index (χ1v) is 9.31. The number of ketones is 1. The summed E-state index contributed by atoms with van der Waals surface area (Å²) in [5, 5.41) is 0. The van der Waals surface area contributed by atoms with Gasteiger partial charge < -0.3 is 9.47 Å². The van der Waals surface area contributed by atoms with Crippen molar-refractivity contribution in [3.05, 3.63) is 59.7 Å². The van der Waals surface area contributed by atoms with Gasteiger partial charge in [-0.15, -0.1) is 0 Å². The van der Waals surface area contributed by atoms with Gasteiger partial charge in [-0.05, 0) is 49.4 Å². The van der Waals surface area contributed by atoms with Crippen LogP contribution in [0.5, 0.6) is 5.75 Å². The van der Waals surface area contributed by atoms with E-state index >= 15 is 0 Å². The highest BCUT2D eigenvalue weighted by Crippen LogP contribution is 2.16.